The summed E-state index contributed by atoms with van der Waals surface area (Å²) >= 11 is 3.09. The molecule has 6 nitrogen and oxygen atoms in total. The molecule has 0 radical (unpaired) electrons. The summed E-state index contributed by atoms with van der Waals surface area (Å²) in [5.74, 6) is 0.360. The number of fused-ring (bicyclic) bond motifs is 3. The first kappa shape index (κ1) is 18.1. The molecule has 134 valence electrons. The number of thioether (sulfide) groups is 1. The number of rotatable bonds is 6. The minimum atomic E-state index is -0.435. The normalized spacial score (nSPS) is 13.2. The summed E-state index contributed by atoms with van der Waals surface area (Å²) in [4.78, 5) is 34.8. The lowest BCUT2D eigenvalue weighted by molar-refractivity contribution is -0.117. The summed E-state index contributed by atoms with van der Waals surface area (Å²) in [6.07, 6.45) is 5.77. The van der Waals surface area contributed by atoms with Gasteiger partial charge in [-0.1, -0.05) is 25.6 Å². The number of aryl methyl sites for hydroxylation is 2. The summed E-state index contributed by atoms with van der Waals surface area (Å²) in [6.45, 7) is 4.74. The number of hydrogen-bond acceptors (Lipinski definition) is 6. The van der Waals surface area contributed by atoms with Crippen molar-refractivity contribution in [1.82, 2.24) is 20.6 Å². The van der Waals surface area contributed by atoms with Gasteiger partial charge in [-0.2, -0.15) is 0 Å². The molecule has 0 aromatic carbocycles. The van der Waals surface area contributed by atoms with Crippen LogP contribution in [0.3, 0.4) is 0 Å². The Morgan fingerprint density at radius 1 is 1.32 bits per heavy atom. The van der Waals surface area contributed by atoms with Crippen LogP contribution in [0.4, 0.5) is 4.79 Å². The molecular formula is C17H22N4O2S2. The van der Waals surface area contributed by atoms with Gasteiger partial charge in [0.25, 0.3) is 0 Å². The molecule has 0 bridgehead atoms. The predicted molar refractivity (Wildman–Crippen MR) is 101 cm³/mol. The Morgan fingerprint density at radius 3 is 2.96 bits per heavy atom. The molecule has 2 aromatic heterocycles. The first-order valence-electron chi connectivity index (χ1n) is 8.50. The molecule has 8 heteroatoms. The number of urea groups is 1. The van der Waals surface area contributed by atoms with Gasteiger partial charge in [-0.05, 0) is 37.2 Å². The van der Waals surface area contributed by atoms with Crippen LogP contribution in [0.2, 0.25) is 0 Å². The van der Waals surface area contributed by atoms with E-state index in [4.69, 9.17) is 0 Å². The lowest BCUT2D eigenvalue weighted by Crippen LogP contribution is -2.40. The molecule has 1 aliphatic rings. The van der Waals surface area contributed by atoms with E-state index < -0.39 is 6.03 Å². The van der Waals surface area contributed by atoms with Crippen molar-refractivity contribution in [3.63, 3.8) is 0 Å². The van der Waals surface area contributed by atoms with E-state index >= 15 is 0 Å². The summed E-state index contributed by atoms with van der Waals surface area (Å²) in [6, 6.07) is -0.435. The van der Waals surface area contributed by atoms with E-state index in [0.29, 0.717) is 12.5 Å². The second kappa shape index (κ2) is 8.14. The zero-order valence-electron chi connectivity index (χ0n) is 14.4. The van der Waals surface area contributed by atoms with Gasteiger partial charge in [0.1, 0.15) is 16.2 Å². The molecular weight excluding hydrogens is 356 g/mol. The number of hydrogen-bond donors (Lipinski definition) is 2. The van der Waals surface area contributed by atoms with E-state index in [0.717, 1.165) is 34.5 Å². The van der Waals surface area contributed by atoms with Crippen molar-refractivity contribution in [3.8, 4) is 0 Å². The van der Waals surface area contributed by atoms with Crippen molar-refractivity contribution >= 4 is 45.3 Å². The third kappa shape index (κ3) is 4.49. The monoisotopic (exact) mass is 378 g/mol. The third-order valence-electron chi connectivity index (χ3n) is 4.07. The van der Waals surface area contributed by atoms with Crippen molar-refractivity contribution in [2.75, 3.05) is 12.3 Å². The van der Waals surface area contributed by atoms with Gasteiger partial charge in [-0.15, -0.1) is 11.3 Å². The van der Waals surface area contributed by atoms with Crippen LogP contribution in [-0.4, -0.2) is 34.2 Å². The Morgan fingerprint density at radius 2 is 2.16 bits per heavy atom. The predicted octanol–water partition coefficient (Wildman–Crippen LogP) is 3.14. The largest absolute Gasteiger partial charge is 0.338 e. The summed E-state index contributed by atoms with van der Waals surface area (Å²) in [5.41, 5.74) is 1.34. The number of nitrogens with zero attached hydrogens (tertiary/aromatic N) is 2. The van der Waals surface area contributed by atoms with Gasteiger partial charge in [-0.3, -0.25) is 10.1 Å². The fraction of sp³-hybridized carbons (Fsp3) is 0.529. The summed E-state index contributed by atoms with van der Waals surface area (Å²) in [7, 11) is 0. The number of carbonyl (C=O) groups is 2. The molecule has 1 aliphatic carbocycles. The number of thiophene rings is 1. The van der Waals surface area contributed by atoms with Crippen LogP contribution in [0.1, 0.15) is 37.1 Å². The Bertz CT molecular complexity index is 788. The minimum absolute atomic E-state index is 0.161. The molecule has 2 heterocycles. The van der Waals surface area contributed by atoms with Crippen molar-refractivity contribution in [2.45, 2.75) is 44.6 Å². The van der Waals surface area contributed by atoms with Gasteiger partial charge in [0, 0.05) is 16.8 Å². The third-order valence-corrected chi connectivity index (χ3v) is 6.26. The second-order valence-electron chi connectivity index (χ2n) is 6.49. The molecule has 25 heavy (non-hydrogen) atoms. The molecule has 0 unspecified atom stereocenters. The van der Waals surface area contributed by atoms with Crippen LogP contribution >= 0.6 is 23.1 Å². The van der Waals surface area contributed by atoms with Gasteiger partial charge in [0.2, 0.25) is 5.91 Å². The highest BCUT2D eigenvalue weighted by Crippen LogP contribution is 2.39. The molecule has 3 rings (SSSR count). The first-order chi connectivity index (χ1) is 12.0. The van der Waals surface area contributed by atoms with E-state index in [1.165, 1.54) is 28.6 Å². The number of imide groups is 1. The highest BCUT2D eigenvalue weighted by Gasteiger charge is 2.21. The van der Waals surface area contributed by atoms with Crippen molar-refractivity contribution < 1.29 is 9.59 Å². The lowest BCUT2D eigenvalue weighted by Gasteiger charge is -2.08. The number of nitrogens with one attached hydrogen (secondary N) is 2. The van der Waals surface area contributed by atoms with E-state index in [2.05, 4.69) is 34.4 Å². The zero-order chi connectivity index (χ0) is 17.8. The topological polar surface area (TPSA) is 84.0 Å². The number of carbonyl (C=O) groups excluding carboxylic acids is 2. The Labute approximate surface area is 155 Å². The van der Waals surface area contributed by atoms with E-state index in [-0.39, 0.29) is 11.7 Å². The maximum atomic E-state index is 12.0. The summed E-state index contributed by atoms with van der Waals surface area (Å²) in [5, 5.41) is 7.00. The van der Waals surface area contributed by atoms with Crippen LogP contribution < -0.4 is 10.6 Å². The fourth-order valence-electron chi connectivity index (χ4n) is 2.82. The van der Waals surface area contributed by atoms with Gasteiger partial charge in [-0.25, -0.2) is 14.8 Å². The molecule has 2 N–H and O–H groups in total. The quantitative estimate of drug-likeness (QED) is 0.596. The van der Waals surface area contributed by atoms with Crippen molar-refractivity contribution in [2.24, 2.45) is 5.92 Å². The minimum Gasteiger partial charge on any atom is -0.338 e. The van der Waals surface area contributed by atoms with Crippen molar-refractivity contribution in [3.05, 3.63) is 16.8 Å². The van der Waals surface area contributed by atoms with Crippen LogP contribution in [0.5, 0.6) is 0 Å². The van der Waals surface area contributed by atoms with E-state index in [9.17, 15) is 9.59 Å². The van der Waals surface area contributed by atoms with Crippen LogP contribution in [-0.2, 0) is 17.6 Å². The van der Waals surface area contributed by atoms with Crippen molar-refractivity contribution in [1.29, 1.82) is 0 Å². The maximum absolute atomic E-state index is 12.0. The smallest absolute Gasteiger partial charge is 0.321 e. The second-order valence-corrected chi connectivity index (χ2v) is 8.54. The fourth-order valence-corrected chi connectivity index (χ4v) is 4.94. The number of aromatic nitrogens is 2. The first-order valence-corrected chi connectivity index (χ1v) is 10.3. The van der Waals surface area contributed by atoms with E-state index in [1.54, 1.807) is 17.7 Å². The molecule has 0 atom stereocenters. The zero-order valence-corrected chi connectivity index (χ0v) is 16.1. The van der Waals surface area contributed by atoms with Crippen LogP contribution in [0, 0.1) is 5.92 Å². The maximum Gasteiger partial charge on any atom is 0.321 e. The Hall–Kier alpha value is -1.67. The van der Waals surface area contributed by atoms with Gasteiger partial charge < -0.3 is 5.32 Å². The lowest BCUT2D eigenvalue weighted by atomic mass is 10.1. The standard InChI is InChI=1S/C17H22N4O2S2/c1-10(2)6-7-18-17(23)21-13(22)8-24-15-14-11-4-3-5-12(11)25-16(14)20-9-19-15/h9-10H,3-8H2,1-2H3,(H2,18,21,22,23). The van der Waals surface area contributed by atoms with Gasteiger partial charge >= 0.3 is 6.03 Å². The average molecular weight is 379 g/mol. The van der Waals surface area contributed by atoms with Gasteiger partial charge in [0.05, 0.1) is 5.75 Å². The molecule has 0 saturated carbocycles. The van der Waals surface area contributed by atoms with E-state index in [1.807, 2.05) is 0 Å². The Kier molecular flexibility index (Phi) is 5.90. The SMILES string of the molecule is CC(C)CCNC(=O)NC(=O)CSc1ncnc2sc3c(c12)CCC3. The van der Waals surface area contributed by atoms with Crippen LogP contribution in [0.15, 0.2) is 11.4 Å². The highest BCUT2D eigenvalue weighted by atomic mass is 32.2. The molecule has 2 aromatic rings. The Balaban J connectivity index is 1.56. The van der Waals surface area contributed by atoms with Crippen LogP contribution in [0.25, 0.3) is 10.2 Å². The van der Waals surface area contributed by atoms with Gasteiger partial charge in [0.15, 0.2) is 0 Å². The summed E-state index contributed by atoms with van der Waals surface area (Å²) < 4.78 is 0. The molecule has 0 aliphatic heterocycles. The molecule has 3 amide bonds. The molecule has 0 spiro atoms. The molecule has 0 saturated heterocycles. The molecule has 0 fully saturated rings. The highest BCUT2D eigenvalue weighted by molar-refractivity contribution is 8.00. The average Bonchev–Trinajstić information content (AvgIpc) is 3.13. The number of amides is 3.